The van der Waals surface area contributed by atoms with Gasteiger partial charge in [-0.05, 0) is 39.8 Å². The maximum atomic E-state index is 14.0. The summed E-state index contributed by atoms with van der Waals surface area (Å²) in [6, 6.07) is 1.50. The van der Waals surface area contributed by atoms with Gasteiger partial charge in [0.1, 0.15) is 5.82 Å². The predicted octanol–water partition coefficient (Wildman–Crippen LogP) is 3.91. The van der Waals surface area contributed by atoms with E-state index in [-0.39, 0.29) is 9.94 Å². The van der Waals surface area contributed by atoms with E-state index in [0.29, 0.717) is 0 Å². The third-order valence-electron chi connectivity index (χ3n) is 3.90. The summed E-state index contributed by atoms with van der Waals surface area (Å²) in [7, 11) is -1.18. The van der Waals surface area contributed by atoms with Crippen LogP contribution in [0.4, 0.5) is 17.6 Å². The third kappa shape index (κ3) is 2.98. The lowest BCUT2D eigenvalue weighted by Gasteiger charge is -2.32. The molecule has 1 saturated heterocycles. The predicted molar refractivity (Wildman–Crippen MR) is 74.8 cm³/mol. The van der Waals surface area contributed by atoms with Gasteiger partial charge in [0, 0.05) is 9.94 Å². The lowest BCUT2D eigenvalue weighted by molar-refractivity contribution is -0.138. The second kappa shape index (κ2) is 4.96. The highest BCUT2D eigenvalue weighted by Crippen LogP contribution is 2.38. The minimum Gasteiger partial charge on any atom is -0.399 e. The van der Waals surface area contributed by atoms with Crippen molar-refractivity contribution in [3.8, 4) is 0 Å². The summed E-state index contributed by atoms with van der Waals surface area (Å²) in [5.41, 5.74) is -2.73. The van der Waals surface area contributed by atoms with Gasteiger partial charge in [-0.15, -0.1) is 0 Å². The molecule has 0 N–H and O–H groups in total. The van der Waals surface area contributed by atoms with Crippen LogP contribution in [-0.4, -0.2) is 18.3 Å². The zero-order chi connectivity index (χ0) is 16.2. The molecule has 0 radical (unpaired) electrons. The van der Waals surface area contributed by atoms with Crippen LogP contribution >= 0.6 is 15.9 Å². The van der Waals surface area contributed by atoms with Crippen molar-refractivity contribution in [1.82, 2.24) is 0 Å². The molecule has 0 bridgehead atoms. The van der Waals surface area contributed by atoms with Gasteiger partial charge in [0.05, 0.1) is 16.8 Å². The van der Waals surface area contributed by atoms with Crippen LogP contribution in [0.25, 0.3) is 0 Å². The first kappa shape index (κ1) is 16.8. The molecule has 0 amide bonds. The van der Waals surface area contributed by atoms with E-state index in [9.17, 15) is 17.6 Å². The molecule has 1 aromatic carbocycles. The Bertz CT molecular complexity index is 556. The molecule has 0 aromatic heterocycles. The average molecular weight is 369 g/mol. The Hall–Kier alpha value is -0.595. The molecule has 1 aliphatic heterocycles. The van der Waals surface area contributed by atoms with Gasteiger partial charge in [0.25, 0.3) is 0 Å². The molecule has 21 heavy (non-hydrogen) atoms. The second-order valence-electron chi connectivity index (χ2n) is 5.94. The first-order chi connectivity index (χ1) is 9.35. The van der Waals surface area contributed by atoms with E-state index in [1.807, 2.05) is 0 Å². The fourth-order valence-corrected chi connectivity index (χ4v) is 2.47. The standard InChI is InChI=1S/C13H14BBrF4O2/c1-11(2)12(3,4)21-14(20-11)8-5-7(13(17,18)19)9(15)6-10(8)16/h5-6H,1-4H3. The molecule has 0 saturated carbocycles. The first-order valence-corrected chi connectivity index (χ1v) is 7.06. The Balaban J connectivity index is 2.47. The van der Waals surface area contributed by atoms with E-state index >= 15 is 0 Å². The molecule has 1 aromatic rings. The number of alkyl halides is 3. The first-order valence-electron chi connectivity index (χ1n) is 6.27. The van der Waals surface area contributed by atoms with Crippen LogP contribution in [-0.2, 0) is 15.5 Å². The largest absolute Gasteiger partial charge is 0.497 e. The highest BCUT2D eigenvalue weighted by molar-refractivity contribution is 9.10. The summed E-state index contributed by atoms with van der Waals surface area (Å²) in [5.74, 6) is -0.812. The van der Waals surface area contributed by atoms with E-state index in [1.54, 1.807) is 27.7 Å². The summed E-state index contributed by atoms with van der Waals surface area (Å²) in [6.45, 7) is 6.98. The van der Waals surface area contributed by atoms with Crippen molar-refractivity contribution in [2.75, 3.05) is 0 Å². The lowest BCUT2D eigenvalue weighted by atomic mass is 9.78. The highest BCUT2D eigenvalue weighted by Gasteiger charge is 2.53. The van der Waals surface area contributed by atoms with Crippen LogP contribution in [0.1, 0.15) is 33.3 Å². The van der Waals surface area contributed by atoms with Gasteiger partial charge < -0.3 is 9.31 Å². The Morgan fingerprint density at radius 2 is 1.52 bits per heavy atom. The van der Waals surface area contributed by atoms with Gasteiger partial charge in [0.2, 0.25) is 0 Å². The highest BCUT2D eigenvalue weighted by atomic mass is 79.9. The van der Waals surface area contributed by atoms with Crippen molar-refractivity contribution in [1.29, 1.82) is 0 Å². The van der Waals surface area contributed by atoms with E-state index in [4.69, 9.17) is 9.31 Å². The number of benzene rings is 1. The Kier molecular flexibility index (Phi) is 3.96. The van der Waals surface area contributed by atoms with Gasteiger partial charge in [-0.2, -0.15) is 13.2 Å². The van der Waals surface area contributed by atoms with Gasteiger partial charge in [0.15, 0.2) is 0 Å². The van der Waals surface area contributed by atoms with Crippen LogP contribution in [0.15, 0.2) is 16.6 Å². The van der Waals surface area contributed by atoms with Crippen LogP contribution < -0.4 is 5.46 Å². The van der Waals surface area contributed by atoms with E-state index in [1.165, 1.54) is 0 Å². The van der Waals surface area contributed by atoms with E-state index < -0.39 is 35.9 Å². The quantitative estimate of drug-likeness (QED) is 0.552. The summed E-state index contributed by atoms with van der Waals surface area (Å²) < 4.78 is 63.6. The lowest BCUT2D eigenvalue weighted by Crippen LogP contribution is -2.41. The zero-order valence-corrected chi connectivity index (χ0v) is 13.5. The smallest absolute Gasteiger partial charge is 0.399 e. The summed E-state index contributed by atoms with van der Waals surface area (Å²) in [6.07, 6.45) is -4.59. The molecule has 2 nitrogen and oxygen atoms in total. The average Bonchev–Trinajstić information content (AvgIpc) is 2.45. The Labute approximate surface area is 129 Å². The fraction of sp³-hybridized carbons (Fsp3) is 0.538. The van der Waals surface area contributed by atoms with E-state index in [2.05, 4.69) is 15.9 Å². The SMILES string of the molecule is CC1(C)OB(c2cc(C(F)(F)F)c(Br)cc2F)OC1(C)C. The fourth-order valence-electron chi connectivity index (χ4n) is 1.93. The molecule has 8 heteroatoms. The summed E-state index contributed by atoms with van der Waals surface area (Å²) >= 11 is 2.73. The van der Waals surface area contributed by atoms with Crippen LogP contribution in [0.2, 0.25) is 0 Å². The number of hydrogen-bond donors (Lipinski definition) is 0. The van der Waals surface area contributed by atoms with Gasteiger partial charge >= 0.3 is 13.3 Å². The van der Waals surface area contributed by atoms with Crippen molar-refractivity contribution < 1.29 is 26.9 Å². The summed E-state index contributed by atoms with van der Waals surface area (Å²) in [4.78, 5) is 0. The van der Waals surface area contributed by atoms with Crippen molar-refractivity contribution in [2.24, 2.45) is 0 Å². The van der Waals surface area contributed by atoms with Gasteiger partial charge in [-0.1, -0.05) is 15.9 Å². The number of rotatable bonds is 1. The van der Waals surface area contributed by atoms with E-state index in [0.717, 1.165) is 12.1 Å². The molecule has 1 heterocycles. The van der Waals surface area contributed by atoms with Crippen LogP contribution in [0.3, 0.4) is 0 Å². The molecule has 0 spiro atoms. The summed E-state index contributed by atoms with van der Waals surface area (Å²) in [5, 5.41) is 0. The molecule has 116 valence electrons. The van der Waals surface area contributed by atoms with Crippen molar-refractivity contribution in [2.45, 2.75) is 45.1 Å². The normalized spacial score (nSPS) is 20.9. The Morgan fingerprint density at radius 3 is 1.95 bits per heavy atom. The molecule has 1 aliphatic rings. The zero-order valence-electron chi connectivity index (χ0n) is 11.9. The molecular weight excluding hydrogens is 355 g/mol. The van der Waals surface area contributed by atoms with Crippen molar-refractivity contribution in [3.63, 3.8) is 0 Å². The van der Waals surface area contributed by atoms with Crippen LogP contribution in [0.5, 0.6) is 0 Å². The van der Waals surface area contributed by atoms with Crippen molar-refractivity contribution >= 4 is 28.5 Å². The molecule has 0 atom stereocenters. The molecular formula is C13H14BBrF4O2. The molecule has 0 aliphatic carbocycles. The second-order valence-corrected chi connectivity index (χ2v) is 6.79. The molecule has 0 unspecified atom stereocenters. The topological polar surface area (TPSA) is 18.5 Å². The molecule has 2 rings (SSSR count). The third-order valence-corrected chi connectivity index (χ3v) is 4.56. The van der Waals surface area contributed by atoms with Gasteiger partial charge in [-0.25, -0.2) is 4.39 Å². The maximum Gasteiger partial charge on any atom is 0.497 e. The maximum absolute atomic E-state index is 14.0. The minimum absolute atomic E-state index is 0.260. The molecule has 1 fully saturated rings. The van der Waals surface area contributed by atoms with Crippen LogP contribution in [0, 0.1) is 5.82 Å². The number of hydrogen-bond acceptors (Lipinski definition) is 2. The minimum atomic E-state index is -4.59. The Morgan fingerprint density at radius 1 is 1.05 bits per heavy atom. The van der Waals surface area contributed by atoms with Gasteiger partial charge in [-0.3, -0.25) is 0 Å². The number of halogens is 5. The monoisotopic (exact) mass is 368 g/mol. The van der Waals surface area contributed by atoms with Crippen molar-refractivity contribution in [3.05, 3.63) is 28.0 Å².